The van der Waals surface area contributed by atoms with Gasteiger partial charge >= 0.3 is 0 Å². The monoisotopic (exact) mass is 440 g/mol. The van der Waals surface area contributed by atoms with Crippen molar-refractivity contribution in [2.75, 3.05) is 5.32 Å². The molecular formula is C28H20N6. The van der Waals surface area contributed by atoms with Gasteiger partial charge in [0.2, 0.25) is 0 Å². The number of pyridine rings is 2. The van der Waals surface area contributed by atoms with Crippen LogP contribution < -0.4 is 5.32 Å². The Labute approximate surface area is 196 Å². The Hall–Kier alpha value is -4.84. The smallest absolute Gasteiger partial charge is 0.180 e. The van der Waals surface area contributed by atoms with Crippen molar-refractivity contribution in [1.82, 2.24) is 24.9 Å². The van der Waals surface area contributed by atoms with Crippen LogP contribution in [0.25, 0.3) is 44.9 Å². The van der Waals surface area contributed by atoms with E-state index in [0.717, 1.165) is 33.7 Å². The molecule has 6 nitrogen and oxygen atoms in total. The Morgan fingerprint density at radius 3 is 2.44 bits per heavy atom. The molecule has 0 radical (unpaired) electrons. The standard InChI is InChI=1S/C28H20N6/c1-2-11-23-20(7-1)16-25(32-23)19-8-5-10-22(15-19)31-27-17-26(21-9-6-13-29-18-21)33-28(34-27)24-12-3-4-14-30-24/h1-18,32H,(H,31,33,34). The van der Waals surface area contributed by atoms with Gasteiger partial charge in [-0.15, -0.1) is 0 Å². The predicted molar refractivity (Wildman–Crippen MR) is 136 cm³/mol. The normalized spacial score (nSPS) is 10.9. The second-order valence-electron chi connectivity index (χ2n) is 7.89. The van der Waals surface area contributed by atoms with E-state index in [4.69, 9.17) is 9.97 Å². The van der Waals surface area contributed by atoms with Gasteiger partial charge in [0, 0.05) is 58.1 Å². The summed E-state index contributed by atoms with van der Waals surface area (Å²) in [4.78, 5) is 21.7. The molecule has 0 fully saturated rings. The van der Waals surface area contributed by atoms with Crippen LogP contribution in [0.15, 0.2) is 110 Å². The molecule has 0 unspecified atom stereocenters. The van der Waals surface area contributed by atoms with Gasteiger partial charge in [0.05, 0.1) is 5.69 Å². The Morgan fingerprint density at radius 1 is 0.676 bits per heavy atom. The van der Waals surface area contributed by atoms with E-state index in [1.54, 1.807) is 18.6 Å². The van der Waals surface area contributed by atoms with E-state index in [9.17, 15) is 0 Å². The second kappa shape index (κ2) is 8.60. The van der Waals surface area contributed by atoms with Gasteiger partial charge in [-0.05, 0) is 48.5 Å². The number of rotatable bonds is 5. The molecule has 2 N–H and O–H groups in total. The number of aromatic nitrogens is 5. The molecule has 0 saturated carbocycles. The molecular weight excluding hydrogens is 420 g/mol. The van der Waals surface area contributed by atoms with Crippen LogP contribution >= 0.6 is 0 Å². The zero-order valence-electron chi connectivity index (χ0n) is 18.2. The number of nitrogens with zero attached hydrogens (tertiary/aromatic N) is 4. The van der Waals surface area contributed by atoms with Crippen LogP contribution in [-0.2, 0) is 0 Å². The molecule has 0 aliphatic rings. The van der Waals surface area contributed by atoms with Crippen molar-refractivity contribution in [1.29, 1.82) is 0 Å². The third-order valence-corrected chi connectivity index (χ3v) is 5.55. The average molecular weight is 441 g/mol. The summed E-state index contributed by atoms with van der Waals surface area (Å²) in [7, 11) is 0. The summed E-state index contributed by atoms with van der Waals surface area (Å²) < 4.78 is 0. The lowest BCUT2D eigenvalue weighted by Crippen LogP contribution is -2.00. The first kappa shape index (κ1) is 19.8. The van der Waals surface area contributed by atoms with Gasteiger partial charge in [-0.2, -0.15) is 0 Å². The molecule has 6 aromatic rings. The maximum atomic E-state index is 4.75. The van der Waals surface area contributed by atoms with Crippen molar-refractivity contribution in [2.24, 2.45) is 0 Å². The van der Waals surface area contributed by atoms with Gasteiger partial charge in [-0.3, -0.25) is 9.97 Å². The molecule has 2 aromatic carbocycles. The maximum Gasteiger partial charge on any atom is 0.180 e. The minimum absolute atomic E-state index is 0.552. The fourth-order valence-corrected chi connectivity index (χ4v) is 3.92. The molecule has 0 aliphatic heterocycles. The van der Waals surface area contributed by atoms with E-state index in [1.807, 2.05) is 60.7 Å². The third-order valence-electron chi connectivity index (χ3n) is 5.55. The van der Waals surface area contributed by atoms with Crippen LogP contribution in [0.2, 0.25) is 0 Å². The summed E-state index contributed by atoms with van der Waals surface area (Å²) >= 11 is 0. The largest absolute Gasteiger partial charge is 0.355 e. The lowest BCUT2D eigenvalue weighted by atomic mass is 10.1. The molecule has 4 aromatic heterocycles. The zero-order chi connectivity index (χ0) is 22.7. The first-order valence-corrected chi connectivity index (χ1v) is 11.0. The van der Waals surface area contributed by atoms with Crippen molar-refractivity contribution < 1.29 is 0 Å². The number of hydrogen-bond acceptors (Lipinski definition) is 5. The minimum Gasteiger partial charge on any atom is -0.355 e. The number of hydrogen-bond donors (Lipinski definition) is 2. The zero-order valence-corrected chi connectivity index (χ0v) is 18.2. The predicted octanol–water partition coefficient (Wildman–Crippen LogP) is 6.49. The molecule has 0 atom stereocenters. The molecule has 34 heavy (non-hydrogen) atoms. The van der Waals surface area contributed by atoms with Crippen LogP contribution in [-0.4, -0.2) is 24.9 Å². The van der Waals surface area contributed by atoms with Crippen LogP contribution in [0.5, 0.6) is 0 Å². The van der Waals surface area contributed by atoms with Crippen LogP contribution in [0.4, 0.5) is 11.5 Å². The summed E-state index contributed by atoms with van der Waals surface area (Å²) in [5.74, 6) is 1.24. The van der Waals surface area contributed by atoms with Crippen LogP contribution in [0.3, 0.4) is 0 Å². The van der Waals surface area contributed by atoms with E-state index < -0.39 is 0 Å². The quantitative estimate of drug-likeness (QED) is 0.320. The Morgan fingerprint density at radius 2 is 1.59 bits per heavy atom. The van der Waals surface area contributed by atoms with E-state index in [-0.39, 0.29) is 0 Å². The number of fused-ring (bicyclic) bond motifs is 1. The molecule has 6 rings (SSSR count). The molecule has 0 spiro atoms. The number of H-pyrrole nitrogens is 1. The fourth-order valence-electron chi connectivity index (χ4n) is 3.92. The SMILES string of the molecule is c1ccc(-c2nc(Nc3cccc(-c4cc5ccccc5[nH]4)c3)cc(-c3cccnc3)n2)nc1. The highest BCUT2D eigenvalue weighted by molar-refractivity contribution is 5.86. The van der Waals surface area contributed by atoms with Crippen molar-refractivity contribution in [3.63, 3.8) is 0 Å². The number of aromatic amines is 1. The highest BCUT2D eigenvalue weighted by Crippen LogP contribution is 2.29. The van der Waals surface area contributed by atoms with Crippen molar-refractivity contribution in [3.8, 4) is 34.0 Å². The molecule has 0 saturated heterocycles. The molecule has 0 aliphatic carbocycles. The van der Waals surface area contributed by atoms with Gasteiger partial charge in [0.1, 0.15) is 11.5 Å². The van der Waals surface area contributed by atoms with E-state index in [0.29, 0.717) is 17.3 Å². The van der Waals surface area contributed by atoms with Gasteiger partial charge in [-0.25, -0.2) is 9.97 Å². The van der Waals surface area contributed by atoms with Gasteiger partial charge in [-0.1, -0.05) is 36.4 Å². The highest BCUT2D eigenvalue weighted by atomic mass is 15.0. The lowest BCUT2D eigenvalue weighted by Gasteiger charge is -2.11. The van der Waals surface area contributed by atoms with E-state index in [2.05, 4.69) is 50.6 Å². The van der Waals surface area contributed by atoms with Crippen molar-refractivity contribution in [3.05, 3.63) is 110 Å². The maximum absolute atomic E-state index is 4.75. The average Bonchev–Trinajstić information content (AvgIpc) is 3.34. The van der Waals surface area contributed by atoms with Crippen LogP contribution in [0.1, 0.15) is 0 Å². The topological polar surface area (TPSA) is 79.4 Å². The minimum atomic E-state index is 0.552. The second-order valence-corrected chi connectivity index (χ2v) is 7.89. The van der Waals surface area contributed by atoms with Crippen LogP contribution in [0, 0.1) is 0 Å². The summed E-state index contributed by atoms with van der Waals surface area (Å²) in [6.07, 6.45) is 5.29. The Bertz CT molecular complexity index is 1480. The lowest BCUT2D eigenvalue weighted by molar-refractivity contribution is 1.14. The Kier molecular flexibility index (Phi) is 5.01. The summed E-state index contributed by atoms with van der Waals surface area (Å²) in [6.45, 7) is 0. The highest BCUT2D eigenvalue weighted by Gasteiger charge is 2.11. The molecule has 0 bridgehead atoms. The summed E-state index contributed by atoms with van der Waals surface area (Å²) in [5, 5.41) is 4.64. The third kappa shape index (κ3) is 4.00. The van der Waals surface area contributed by atoms with Crippen molar-refractivity contribution in [2.45, 2.75) is 0 Å². The molecule has 4 heterocycles. The molecule has 162 valence electrons. The first-order chi connectivity index (χ1) is 16.8. The summed E-state index contributed by atoms with van der Waals surface area (Å²) in [5.41, 5.74) is 6.61. The molecule has 0 amide bonds. The number of nitrogens with one attached hydrogen (secondary N) is 2. The Balaban J connectivity index is 1.38. The van der Waals surface area contributed by atoms with Gasteiger partial charge < -0.3 is 10.3 Å². The fraction of sp³-hybridized carbons (Fsp3) is 0. The number of para-hydroxylation sites is 1. The first-order valence-electron chi connectivity index (χ1n) is 11.0. The summed E-state index contributed by atoms with van der Waals surface area (Å²) in [6, 6.07) is 30.2. The molecule has 6 heteroatoms. The van der Waals surface area contributed by atoms with Gasteiger partial charge in [0.25, 0.3) is 0 Å². The number of benzene rings is 2. The number of anilines is 2. The van der Waals surface area contributed by atoms with E-state index in [1.165, 1.54) is 5.39 Å². The van der Waals surface area contributed by atoms with Crippen molar-refractivity contribution >= 4 is 22.4 Å². The van der Waals surface area contributed by atoms with E-state index >= 15 is 0 Å². The van der Waals surface area contributed by atoms with Gasteiger partial charge in [0.15, 0.2) is 5.82 Å².